The highest BCUT2D eigenvalue weighted by Gasteiger charge is 2.03. The van der Waals surface area contributed by atoms with Crippen LogP contribution in [0.5, 0.6) is 0 Å². The van der Waals surface area contributed by atoms with E-state index in [0.29, 0.717) is 0 Å². The quantitative estimate of drug-likeness (QED) is 0.644. The first kappa shape index (κ1) is 15.4. The zero-order chi connectivity index (χ0) is 13.1. The van der Waals surface area contributed by atoms with E-state index in [1.165, 1.54) is 5.56 Å². The maximum absolute atomic E-state index is 10.0. The summed E-state index contributed by atoms with van der Waals surface area (Å²) in [6, 6.07) is 10.2. The zero-order valence-corrected chi connectivity index (χ0v) is 10.7. The standard InChI is InChI=1S/C7H8.C3H6N2O.C3H8O/c1-7-5-3-2-4-6-7;6-3-4-1-2-5-3;1-3(2)4/h2-6H,1H3;1-2H2,(H2,4,5,6);3-4H,1-2H3. The van der Waals surface area contributed by atoms with E-state index < -0.39 is 0 Å². The Hall–Kier alpha value is -1.55. The van der Waals surface area contributed by atoms with Gasteiger partial charge in [0.15, 0.2) is 0 Å². The number of nitrogens with one attached hydrogen (secondary N) is 2. The summed E-state index contributed by atoms with van der Waals surface area (Å²) in [5.41, 5.74) is 1.32. The molecule has 17 heavy (non-hydrogen) atoms. The van der Waals surface area contributed by atoms with Crippen molar-refractivity contribution in [3.8, 4) is 0 Å². The Bertz CT molecular complexity index is 289. The van der Waals surface area contributed by atoms with Crippen molar-refractivity contribution < 1.29 is 9.90 Å². The molecule has 0 unspecified atom stereocenters. The zero-order valence-electron chi connectivity index (χ0n) is 10.7. The van der Waals surface area contributed by atoms with Gasteiger partial charge in [-0.05, 0) is 20.8 Å². The molecule has 0 saturated carbocycles. The van der Waals surface area contributed by atoms with Crippen molar-refractivity contribution in [2.24, 2.45) is 0 Å². The molecule has 2 rings (SSSR count). The fraction of sp³-hybridized carbons (Fsp3) is 0.462. The molecule has 1 fully saturated rings. The van der Waals surface area contributed by atoms with E-state index in [1.54, 1.807) is 13.8 Å². The summed E-state index contributed by atoms with van der Waals surface area (Å²) < 4.78 is 0. The number of carbonyl (C=O) groups excluding carboxylic acids is 1. The minimum Gasteiger partial charge on any atom is -0.394 e. The number of hydrogen-bond donors (Lipinski definition) is 3. The molecule has 0 atom stereocenters. The maximum atomic E-state index is 10.0. The van der Waals surface area contributed by atoms with Gasteiger partial charge in [-0.3, -0.25) is 0 Å². The highest BCUT2D eigenvalue weighted by Crippen LogP contribution is 1.92. The van der Waals surface area contributed by atoms with Crippen molar-refractivity contribution >= 4 is 6.03 Å². The highest BCUT2D eigenvalue weighted by atomic mass is 16.3. The lowest BCUT2D eigenvalue weighted by molar-refractivity contribution is 0.216. The molecule has 3 N–H and O–H groups in total. The number of benzene rings is 1. The monoisotopic (exact) mass is 238 g/mol. The predicted molar refractivity (Wildman–Crippen MR) is 69.9 cm³/mol. The van der Waals surface area contributed by atoms with Gasteiger partial charge < -0.3 is 15.7 Å². The minimum atomic E-state index is -0.167. The second-order valence-electron chi connectivity index (χ2n) is 3.93. The van der Waals surface area contributed by atoms with Crippen molar-refractivity contribution in [2.45, 2.75) is 26.9 Å². The number of hydrogen-bond acceptors (Lipinski definition) is 2. The lowest BCUT2D eigenvalue weighted by Gasteiger charge is -1.82. The highest BCUT2D eigenvalue weighted by molar-refractivity contribution is 5.75. The van der Waals surface area contributed by atoms with Crippen LogP contribution in [0.1, 0.15) is 19.4 Å². The SMILES string of the molecule is CC(C)O.Cc1ccccc1.O=C1NCCN1. The summed E-state index contributed by atoms with van der Waals surface area (Å²) in [6.45, 7) is 7.08. The van der Waals surface area contributed by atoms with Crippen LogP contribution in [0, 0.1) is 6.92 Å². The van der Waals surface area contributed by atoms with E-state index in [2.05, 4.69) is 29.7 Å². The molecule has 0 bridgehead atoms. The molecule has 0 aromatic heterocycles. The second kappa shape index (κ2) is 9.66. The first-order chi connectivity index (χ1) is 8.02. The van der Waals surface area contributed by atoms with Gasteiger partial charge in [-0.1, -0.05) is 35.9 Å². The van der Waals surface area contributed by atoms with Gasteiger partial charge in [0, 0.05) is 19.2 Å². The van der Waals surface area contributed by atoms with Gasteiger partial charge in [0.2, 0.25) is 0 Å². The summed E-state index contributed by atoms with van der Waals surface area (Å²) in [6.07, 6.45) is -0.167. The Balaban J connectivity index is 0.000000236. The van der Waals surface area contributed by atoms with Crippen LogP contribution in [0.2, 0.25) is 0 Å². The van der Waals surface area contributed by atoms with Crippen molar-refractivity contribution in [2.75, 3.05) is 13.1 Å². The fourth-order valence-corrected chi connectivity index (χ4v) is 0.949. The first-order valence-electron chi connectivity index (χ1n) is 5.73. The van der Waals surface area contributed by atoms with Crippen LogP contribution in [0.15, 0.2) is 30.3 Å². The molecular weight excluding hydrogens is 216 g/mol. The van der Waals surface area contributed by atoms with Crippen LogP contribution in [-0.4, -0.2) is 30.3 Å². The van der Waals surface area contributed by atoms with Gasteiger partial charge in [-0.15, -0.1) is 0 Å². The maximum Gasteiger partial charge on any atom is 0.314 e. The fourth-order valence-electron chi connectivity index (χ4n) is 0.949. The van der Waals surface area contributed by atoms with Crippen LogP contribution < -0.4 is 10.6 Å². The van der Waals surface area contributed by atoms with Gasteiger partial charge in [0.1, 0.15) is 0 Å². The van der Waals surface area contributed by atoms with Gasteiger partial charge in [0.25, 0.3) is 0 Å². The number of aliphatic hydroxyl groups is 1. The molecule has 1 aromatic rings. The number of aryl methyl sites for hydroxylation is 1. The number of urea groups is 1. The molecule has 4 nitrogen and oxygen atoms in total. The Labute approximate surface area is 103 Å². The average Bonchev–Trinajstić information content (AvgIpc) is 2.70. The average molecular weight is 238 g/mol. The third-order valence-electron chi connectivity index (χ3n) is 1.64. The molecule has 4 heteroatoms. The summed E-state index contributed by atoms with van der Waals surface area (Å²) >= 11 is 0. The molecule has 96 valence electrons. The Morgan fingerprint density at radius 1 is 1.12 bits per heavy atom. The van der Waals surface area contributed by atoms with E-state index in [1.807, 2.05) is 18.2 Å². The van der Waals surface area contributed by atoms with Gasteiger partial charge >= 0.3 is 6.03 Å². The van der Waals surface area contributed by atoms with E-state index >= 15 is 0 Å². The lowest BCUT2D eigenvalue weighted by atomic mass is 10.2. The van der Waals surface area contributed by atoms with Crippen molar-refractivity contribution in [3.63, 3.8) is 0 Å². The summed E-state index contributed by atoms with van der Waals surface area (Å²) in [4.78, 5) is 10.0. The third-order valence-corrected chi connectivity index (χ3v) is 1.64. The summed E-state index contributed by atoms with van der Waals surface area (Å²) in [7, 11) is 0. The van der Waals surface area contributed by atoms with E-state index in [9.17, 15) is 4.79 Å². The number of carbonyl (C=O) groups is 1. The van der Waals surface area contributed by atoms with Gasteiger partial charge in [-0.25, -0.2) is 4.79 Å². The van der Waals surface area contributed by atoms with Crippen molar-refractivity contribution in [3.05, 3.63) is 35.9 Å². The predicted octanol–water partition coefficient (Wildman–Crippen LogP) is 1.68. The molecular formula is C13H22N2O2. The number of amides is 2. The molecule has 1 aliphatic heterocycles. The van der Waals surface area contributed by atoms with E-state index in [-0.39, 0.29) is 12.1 Å². The van der Waals surface area contributed by atoms with Crippen LogP contribution in [0.4, 0.5) is 4.79 Å². The summed E-state index contributed by atoms with van der Waals surface area (Å²) in [5.74, 6) is 0. The molecule has 0 spiro atoms. The largest absolute Gasteiger partial charge is 0.394 e. The van der Waals surface area contributed by atoms with Crippen LogP contribution in [0.25, 0.3) is 0 Å². The second-order valence-corrected chi connectivity index (χ2v) is 3.93. The molecule has 1 saturated heterocycles. The molecule has 2 amide bonds. The van der Waals surface area contributed by atoms with Gasteiger partial charge in [0.05, 0.1) is 0 Å². The van der Waals surface area contributed by atoms with Crippen LogP contribution in [0.3, 0.4) is 0 Å². The number of aliphatic hydroxyl groups excluding tert-OH is 1. The molecule has 1 heterocycles. The molecule has 1 aromatic carbocycles. The normalized spacial score (nSPS) is 12.6. The minimum absolute atomic E-state index is 0.0463. The first-order valence-corrected chi connectivity index (χ1v) is 5.73. The number of rotatable bonds is 0. The van der Waals surface area contributed by atoms with Crippen LogP contribution >= 0.6 is 0 Å². The smallest absolute Gasteiger partial charge is 0.314 e. The molecule has 1 aliphatic rings. The van der Waals surface area contributed by atoms with E-state index in [0.717, 1.165) is 13.1 Å². The van der Waals surface area contributed by atoms with Crippen molar-refractivity contribution in [1.82, 2.24) is 10.6 Å². The topological polar surface area (TPSA) is 61.4 Å². The Kier molecular flexibility index (Phi) is 8.78. The van der Waals surface area contributed by atoms with E-state index in [4.69, 9.17) is 5.11 Å². The molecule has 0 aliphatic carbocycles. The molecule has 0 radical (unpaired) electrons. The Morgan fingerprint density at radius 2 is 1.53 bits per heavy atom. The Morgan fingerprint density at radius 3 is 1.71 bits per heavy atom. The lowest BCUT2D eigenvalue weighted by Crippen LogP contribution is -2.20. The summed E-state index contributed by atoms with van der Waals surface area (Å²) in [5, 5.41) is 13.2. The van der Waals surface area contributed by atoms with Crippen molar-refractivity contribution in [1.29, 1.82) is 0 Å². The van der Waals surface area contributed by atoms with Crippen LogP contribution in [-0.2, 0) is 0 Å². The van der Waals surface area contributed by atoms with Gasteiger partial charge in [-0.2, -0.15) is 0 Å². The third kappa shape index (κ3) is 12.4.